The van der Waals surface area contributed by atoms with Gasteiger partial charge in [0.05, 0.1) is 4.90 Å². The number of aromatic nitrogens is 1. The van der Waals surface area contributed by atoms with Crippen LogP contribution in [0.3, 0.4) is 0 Å². The lowest BCUT2D eigenvalue weighted by Gasteiger charge is -2.20. The highest BCUT2D eigenvalue weighted by atomic mass is 32.2. The van der Waals surface area contributed by atoms with E-state index in [0.29, 0.717) is 18.3 Å². The Hall–Kier alpha value is -1.18. The molecule has 106 valence electrons. The van der Waals surface area contributed by atoms with Crippen LogP contribution in [0.15, 0.2) is 23.2 Å². The average Bonchev–Trinajstić information content (AvgIpc) is 3.18. The van der Waals surface area contributed by atoms with Crippen molar-refractivity contribution in [3.8, 4) is 0 Å². The second-order valence-corrected chi connectivity index (χ2v) is 7.13. The van der Waals surface area contributed by atoms with Crippen LogP contribution < -0.4 is 16.0 Å². The van der Waals surface area contributed by atoms with Crippen LogP contribution in [0.5, 0.6) is 0 Å². The Bertz CT molecular complexity index is 553. The van der Waals surface area contributed by atoms with Gasteiger partial charge >= 0.3 is 0 Å². The van der Waals surface area contributed by atoms with E-state index >= 15 is 0 Å². The molecule has 7 heteroatoms. The molecule has 0 bridgehead atoms. The number of nitrogen functional groups attached to an aromatic ring is 1. The maximum atomic E-state index is 12.2. The molecule has 1 heterocycles. The number of rotatable bonds is 6. The highest BCUT2D eigenvalue weighted by Gasteiger charge is 2.45. The second-order valence-electron chi connectivity index (χ2n) is 5.36. The summed E-state index contributed by atoms with van der Waals surface area (Å²) < 4.78 is 27.1. The van der Waals surface area contributed by atoms with Gasteiger partial charge in [0.2, 0.25) is 10.0 Å². The van der Waals surface area contributed by atoms with Crippen LogP contribution in [0, 0.1) is 11.3 Å². The maximum Gasteiger partial charge on any atom is 0.240 e. The normalized spacial score (nSPS) is 17.5. The van der Waals surface area contributed by atoms with Gasteiger partial charge in [-0.1, -0.05) is 13.8 Å². The number of hydrazine groups is 1. The average molecular weight is 284 g/mol. The Labute approximate surface area is 113 Å². The lowest BCUT2D eigenvalue weighted by atomic mass is 9.93. The van der Waals surface area contributed by atoms with Crippen LogP contribution in [-0.4, -0.2) is 19.9 Å². The van der Waals surface area contributed by atoms with E-state index in [4.69, 9.17) is 5.84 Å². The zero-order valence-corrected chi connectivity index (χ0v) is 12.0. The quantitative estimate of drug-likeness (QED) is 0.536. The van der Waals surface area contributed by atoms with E-state index in [1.807, 2.05) is 0 Å². The first-order valence-corrected chi connectivity index (χ1v) is 7.80. The number of sulfonamides is 1. The Morgan fingerprint density at radius 3 is 2.68 bits per heavy atom. The molecule has 1 aromatic heterocycles. The molecule has 1 saturated carbocycles. The van der Waals surface area contributed by atoms with Crippen molar-refractivity contribution in [1.82, 2.24) is 9.71 Å². The van der Waals surface area contributed by atoms with Crippen molar-refractivity contribution in [2.24, 2.45) is 17.2 Å². The van der Waals surface area contributed by atoms with E-state index in [2.05, 4.69) is 29.0 Å². The molecule has 0 saturated heterocycles. The van der Waals surface area contributed by atoms with Crippen LogP contribution in [0.25, 0.3) is 0 Å². The van der Waals surface area contributed by atoms with E-state index < -0.39 is 10.0 Å². The standard InChI is InChI=1S/C12H20N4O2S/c1-9(2)12(4-5-12)8-15-19(17,18)10-3-6-14-11(7-10)16-13/h3,6-7,9,15H,4-5,8,13H2,1-2H3,(H,14,16). The van der Waals surface area contributed by atoms with Gasteiger partial charge in [0.1, 0.15) is 5.82 Å². The van der Waals surface area contributed by atoms with Gasteiger partial charge in [-0.05, 0) is 30.2 Å². The van der Waals surface area contributed by atoms with Crippen LogP contribution in [-0.2, 0) is 10.0 Å². The molecule has 0 spiro atoms. The molecule has 2 rings (SSSR count). The first-order chi connectivity index (χ1) is 8.89. The molecule has 0 aromatic carbocycles. The molecule has 1 aromatic rings. The summed E-state index contributed by atoms with van der Waals surface area (Å²) >= 11 is 0. The number of pyridine rings is 1. The monoisotopic (exact) mass is 284 g/mol. The fraction of sp³-hybridized carbons (Fsp3) is 0.583. The molecule has 0 aliphatic heterocycles. The van der Waals surface area contributed by atoms with Crippen molar-refractivity contribution in [1.29, 1.82) is 0 Å². The summed E-state index contributed by atoms with van der Waals surface area (Å²) in [5, 5.41) is 0. The van der Waals surface area contributed by atoms with E-state index in [1.165, 1.54) is 18.3 Å². The van der Waals surface area contributed by atoms with E-state index in [1.54, 1.807) is 0 Å². The molecule has 0 unspecified atom stereocenters. The highest BCUT2D eigenvalue weighted by Crippen LogP contribution is 2.51. The van der Waals surface area contributed by atoms with Crippen molar-refractivity contribution in [2.75, 3.05) is 12.0 Å². The SMILES string of the molecule is CC(C)C1(CNS(=O)(=O)c2ccnc(NN)c2)CC1. The number of nitrogens with two attached hydrogens (primary N) is 1. The molecule has 0 radical (unpaired) electrons. The molecule has 4 N–H and O–H groups in total. The zero-order chi connectivity index (χ0) is 14.1. The summed E-state index contributed by atoms with van der Waals surface area (Å²) in [5.74, 6) is 6.03. The smallest absolute Gasteiger partial charge is 0.240 e. The molecule has 6 nitrogen and oxygen atoms in total. The predicted octanol–water partition coefficient (Wildman–Crippen LogP) is 1.08. The summed E-state index contributed by atoms with van der Waals surface area (Å²) in [5.41, 5.74) is 2.47. The molecule has 19 heavy (non-hydrogen) atoms. The number of nitrogens with zero attached hydrogens (tertiary/aromatic N) is 1. The van der Waals surface area contributed by atoms with Gasteiger partial charge < -0.3 is 5.43 Å². The van der Waals surface area contributed by atoms with Crippen LogP contribution in [0.4, 0.5) is 5.82 Å². The Kier molecular flexibility index (Phi) is 3.80. The largest absolute Gasteiger partial charge is 0.308 e. The van der Waals surface area contributed by atoms with Gasteiger partial charge in [0, 0.05) is 18.8 Å². The topological polar surface area (TPSA) is 97.1 Å². The van der Waals surface area contributed by atoms with Gasteiger partial charge in [-0.2, -0.15) is 0 Å². The predicted molar refractivity (Wildman–Crippen MR) is 73.7 cm³/mol. The van der Waals surface area contributed by atoms with Crippen molar-refractivity contribution in [3.05, 3.63) is 18.3 Å². The van der Waals surface area contributed by atoms with Crippen molar-refractivity contribution in [3.63, 3.8) is 0 Å². The highest BCUT2D eigenvalue weighted by molar-refractivity contribution is 7.89. The van der Waals surface area contributed by atoms with E-state index in [0.717, 1.165) is 12.8 Å². The molecular weight excluding hydrogens is 264 g/mol. The zero-order valence-electron chi connectivity index (χ0n) is 11.2. The van der Waals surface area contributed by atoms with Crippen LogP contribution >= 0.6 is 0 Å². The molecular formula is C12H20N4O2S. The van der Waals surface area contributed by atoms with Gasteiger partial charge in [0.15, 0.2) is 0 Å². The van der Waals surface area contributed by atoms with E-state index in [-0.39, 0.29) is 10.3 Å². The van der Waals surface area contributed by atoms with Gasteiger partial charge in [0.25, 0.3) is 0 Å². The van der Waals surface area contributed by atoms with Gasteiger partial charge in [-0.15, -0.1) is 0 Å². The minimum atomic E-state index is -3.51. The number of nitrogens with one attached hydrogen (secondary N) is 2. The van der Waals surface area contributed by atoms with Gasteiger partial charge in [-0.25, -0.2) is 24.0 Å². The minimum Gasteiger partial charge on any atom is -0.308 e. The third-order valence-corrected chi connectivity index (χ3v) is 5.32. The fourth-order valence-corrected chi connectivity index (χ4v) is 3.25. The first kappa shape index (κ1) is 14.2. The minimum absolute atomic E-state index is 0.134. The summed E-state index contributed by atoms with van der Waals surface area (Å²) in [6.45, 7) is 4.75. The second kappa shape index (κ2) is 5.07. The van der Waals surface area contributed by atoms with E-state index in [9.17, 15) is 8.42 Å². The van der Waals surface area contributed by atoms with Crippen molar-refractivity contribution >= 4 is 15.8 Å². The third-order valence-electron chi connectivity index (χ3n) is 3.92. The van der Waals surface area contributed by atoms with Crippen LogP contribution in [0.1, 0.15) is 26.7 Å². The van der Waals surface area contributed by atoms with Crippen molar-refractivity contribution < 1.29 is 8.42 Å². The molecule has 1 fully saturated rings. The number of hydrogen-bond donors (Lipinski definition) is 3. The Morgan fingerprint density at radius 1 is 1.47 bits per heavy atom. The van der Waals surface area contributed by atoms with Crippen LogP contribution in [0.2, 0.25) is 0 Å². The molecule has 1 aliphatic rings. The summed E-state index contributed by atoms with van der Waals surface area (Å²) in [6, 6.07) is 2.87. The van der Waals surface area contributed by atoms with Gasteiger partial charge in [-0.3, -0.25) is 0 Å². The number of anilines is 1. The lowest BCUT2D eigenvalue weighted by molar-refractivity contribution is 0.357. The summed E-state index contributed by atoms with van der Waals surface area (Å²) in [6.07, 6.45) is 3.58. The molecule has 0 amide bonds. The molecule has 1 aliphatic carbocycles. The first-order valence-electron chi connectivity index (χ1n) is 6.32. The van der Waals surface area contributed by atoms with Crippen molar-refractivity contribution in [2.45, 2.75) is 31.6 Å². The summed E-state index contributed by atoms with van der Waals surface area (Å²) in [7, 11) is -3.51. The Morgan fingerprint density at radius 2 is 2.16 bits per heavy atom. The molecule has 0 atom stereocenters. The summed E-state index contributed by atoms with van der Waals surface area (Å²) in [4.78, 5) is 4.07. The Balaban J connectivity index is 2.10. The fourth-order valence-electron chi connectivity index (χ4n) is 2.10. The maximum absolute atomic E-state index is 12.2. The lowest BCUT2D eigenvalue weighted by Crippen LogP contribution is -2.32. The number of hydrogen-bond acceptors (Lipinski definition) is 5. The third kappa shape index (κ3) is 3.05.